The molecule has 6 heteroatoms. The van der Waals surface area contributed by atoms with Gasteiger partial charge in [-0.05, 0) is 5.56 Å². The molecule has 0 bridgehead atoms. The van der Waals surface area contributed by atoms with E-state index in [1.807, 2.05) is 30.3 Å². The molecule has 0 radical (unpaired) electrons. The van der Waals surface area contributed by atoms with Crippen molar-refractivity contribution in [3.8, 4) is 0 Å². The fourth-order valence-corrected chi connectivity index (χ4v) is 1.11. The van der Waals surface area contributed by atoms with Crippen LogP contribution in [0.15, 0.2) is 35.4 Å². The van der Waals surface area contributed by atoms with Crippen LogP contribution in [-0.4, -0.2) is 18.4 Å². The van der Waals surface area contributed by atoms with Crippen LogP contribution in [-0.2, 0) is 16.0 Å². The van der Waals surface area contributed by atoms with E-state index in [-0.39, 0.29) is 18.9 Å². The van der Waals surface area contributed by atoms with Gasteiger partial charge >= 0.3 is 5.91 Å². The molecule has 1 aromatic rings. The Bertz CT molecular complexity index is 424. The third kappa shape index (κ3) is 4.26. The van der Waals surface area contributed by atoms with Crippen LogP contribution < -0.4 is 10.2 Å². The van der Waals surface area contributed by atoms with Crippen LogP contribution in [0.1, 0.15) is 5.56 Å². The lowest BCUT2D eigenvalue weighted by Crippen LogP contribution is -2.30. The molecule has 0 aliphatic rings. The first kappa shape index (κ1) is 11.7. The predicted octanol–water partition coefficient (Wildman–Crippen LogP) is 0.422. The normalized spacial score (nSPS) is 9.00. The number of rotatable bonds is 4. The number of carbonyl (C=O) groups is 2. The van der Waals surface area contributed by atoms with E-state index < -0.39 is 5.91 Å². The van der Waals surface area contributed by atoms with Gasteiger partial charge in [-0.1, -0.05) is 30.3 Å². The summed E-state index contributed by atoms with van der Waals surface area (Å²) < 4.78 is 0. The maximum Gasteiger partial charge on any atom is 0.349 e. The van der Waals surface area contributed by atoms with Gasteiger partial charge in [-0.3, -0.25) is 9.59 Å². The van der Waals surface area contributed by atoms with Crippen molar-refractivity contribution in [2.45, 2.75) is 6.42 Å². The van der Waals surface area contributed by atoms with Crippen molar-refractivity contribution in [2.75, 3.05) is 6.54 Å². The minimum atomic E-state index is -0.642. The lowest BCUT2D eigenvalue weighted by atomic mass is 10.1. The first-order valence-electron chi connectivity index (χ1n) is 4.63. The van der Waals surface area contributed by atoms with Gasteiger partial charge in [0, 0.05) is 0 Å². The van der Waals surface area contributed by atoms with Gasteiger partial charge < -0.3 is 5.32 Å². The number of nitrogens with zero attached hydrogens (tertiary/aromatic N) is 2. The van der Waals surface area contributed by atoms with Gasteiger partial charge in [0.05, 0.1) is 6.42 Å². The number of nitrogens with one attached hydrogen (secondary N) is 2. The summed E-state index contributed by atoms with van der Waals surface area (Å²) in [5.74, 6) is -0.906. The van der Waals surface area contributed by atoms with Gasteiger partial charge in [0.1, 0.15) is 12.1 Å². The Kier molecular flexibility index (Phi) is 4.56. The smallest absolute Gasteiger partial charge is 0.346 e. The second-order valence-electron chi connectivity index (χ2n) is 3.03. The third-order valence-electron chi connectivity index (χ3n) is 1.81. The fraction of sp³-hybridized carbons (Fsp3) is 0.200. The molecule has 0 heterocycles. The SMILES string of the molecule is N=[N+]=NC(=O)CNC(=O)Cc1ccccc1. The van der Waals surface area contributed by atoms with Gasteiger partial charge in [-0.2, -0.15) is 0 Å². The van der Waals surface area contributed by atoms with Crippen molar-refractivity contribution in [3.05, 3.63) is 35.9 Å². The van der Waals surface area contributed by atoms with Gasteiger partial charge in [0.15, 0.2) is 5.11 Å². The summed E-state index contributed by atoms with van der Waals surface area (Å²) in [6.07, 6.45) is 0.214. The van der Waals surface area contributed by atoms with Gasteiger partial charge in [0.2, 0.25) is 10.8 Å². The summed E-state index contributed by atoms with van der Waals surface area (Å²) in [5, 5.41) is 5.33. The van der Waals surface area contributed by atoms with E-state index in [4.69, 9.17) is 5.53 Å². The standard InChI is InChI=1S/C10H10N4O2/c11-14-13-10(16)7-12-9(15)6-8-4-2-1-3-5-8/h1-5,11H,6-7H2/p+1. The van der Waals surface area contributed by atoms with Crippen molar-refractivity contribution in [3.63, 3.8) is 0 Å². The Labute approximate surface area is 91.9 Å². The first-order valence-corrected chi connectivity index (χ1v) is 4.63. The Morgan fingerprint density at radius 1 is 1.31 bits per heavy atom. The summed E-state index contributed by atoms with van der Waals surface area (Å²) >= 11 is 0. The van der Waals surface area contributed by atoms with Gasteiger partial charge in [-0.15, -0.1) is 0 Å². The van der Waals surface area contributed by atoms with E-state index in [1.165, 1.54) is 0 Å². The molecule has 82 valence electrons. The number of carbonyl (C=O) groups excluding carboxylic acids is 2. The maximum absolute atomic E-state index is 11.3. The van der Waals surface area contributed by atoms with E-state index in [0.29, 0.717) is 0 Å². The quantitative estimate of drug-likeness (QED) is 0.567. The van der Waals surface area contributed by atoms with E-state index in [9.17, 15) is 9.59 Å². The Morgan fingerprint density at radius 3 is 2.62 bits per heavy atom. The average Bonchev–Trinajstić information content (AvgIpc) is 2.28. The monoisotopic (exact) mass is 219 g/mol. The first-order chi connectivity index (χ1) is 7.72. The highest BCUT2D eigenvalue weighted by atomic mass is 16.2. The molecule has 0 atom stereocenters. The van der Waals surface area contributed by atoms with Crippen LogP contribution in [0.3, 0.4) is 0 Å². The molecular formula is C10H11N4O2+. The summed E-state index contributed by atoms with van der Waals surface area (Å²) in [6, 6.07) is 9.18. The maximum atomic E-state index is 11.3. The Hall–Kier alpha value is -2.33. The average molecular weight is 219 g/mol. The van der Waals surface area contributed by atoms with Crippen LogP contribution in [0.5, 0.6) is 0 Å². The highest BCUT2D eigenvalue weighted by Gasteiger charge is 2.08. The summed E-state index contributed by atoms with van der Waals surface area (Å²) in [7, 11) is 0. The predicted molar refractivity (Wildman–Crippen MR) is 55.4 cm³/mol. The van der Waals surface area contributed by atoms with Crippen LogP contribution in [0.25, 0.3) is 0 Å². The van der Waals surface area contributed by atoms with E-state index in [1.54, 1.807) is 0 Å². The molecule has 1 aromatic carbocycles. The Morgan fingerprint density at radius 2 is 2.00 bits per heavy atom. The molecule has 0 aromatic heterocycles. The van der Waals surface area contributed by atoms with E-state index in [2.05, 4.69) is 15.3 Å². The second-order valence-corrected chi connectivity index (χ2v) is 3.03. The molecule has 0 spiro atoms. The molecule has 0 aliphatic carbocycles. The summed E-state index contributed by atoms with van der Waals surface area (Å²) in [4.78, 5) is 24.7. The third-order valence-corrected chi connectivity index (χ3v) is 1.81. The molecule has 2 N–H and O–H groups in total. The lowest BCUT2D eigenvalue weighted by molar-refractivity contribution is -0.124. The zero-order chi connectivity index (χ0) is 11.8. The van der Waals surface area contributed by atoms with E-state index >= 15 is 0 Å². The molecule has 0 saturated carbocycles. The number of amides is 2. The van der Waals surface area contributed by atoms with Crippen LogP contribution in [0, 0.1) is 5.53 Å². The minimum absolute atomic E-state index is 0.214. The highest BCUT2D eigenvalue weighted by Crippen LogP contribution is 1.98. The highest BCUT2D eigenvalue weighted by molar-refractivity contribution is 5.85. The molecule has 0 saturated heterocycles. The number of hydrogen-bond acceptors (Lipinski definition) is 3. The van der Waals surface area contributed by atoms with Crippen LogP contribution in [0.4, 0.5) is 0 Å². The molecule has 2 amide bonds. The topological polar surface area (TPSA) is 96.5 Å². The molecular weight excluding hydrogens is 208 g/mol. The second kappa shape index (κ2) is 6.21. The summed E-state index contributed by atoms with van der Waals surface area (Å²) in [5.41, 5.74) is 7.19. The van der Waals surface area contributed by atoms with Crippen molar-refractivity contribution in [2.24, 2.45) is 5.11 Å². The Balaban J connectivity index is 2.37. The van der Waals surface area contributed by atoms with Crippen molar-refractivity contribution in [1.29, 1.82) is 5.53 Å². The fourth-order valence-electron chi connectivity index (χ4n) is 1.11. The zero-order valence-corrected chi connectivity index (χ0v) is 8.51. The van der Waals surface area contributed by atoms with Gasteiger partial charge in [-0.25, -0.2) is 0 Å². The minimum Gasteiger partial charge on any atom is -0.346 e. The molecule has 0 aliphatic heterocycles. The van der Waals surface area contributed by atoms with E-state index in [0.717, 1.165) is 5.56 Å². The largest absolute Gasteiger partial charge is 0.349 e. The molecule has 1 rings (SSSR count). The van der Waals surface area contributed by atoms with Crippen molar-refractivity contribution < 1.29 is 9.59 Å². The van der Waals surface area contributed by atoms with Crippen LogP contribution in [0.2, 0.25) is 0 Å². The molecule has 0 fully saturated rings. The number of benzene rings is 1. The molecule has 0 unspecified atom stereocenters. The molecule has 6 nitrogen and oxygen atoms in total. The zero-order valence-electron chi connectivity index (χ0n) is 8.51. The van der Waals surface area contributed by atoms with Gasteiger partial charge in [0.25, 0.3) is 0 Å². The van der Waals surface area contributed by atoms with Crippen molar-refractivity contribution in [1.82, 2.24) is 10.2 Å². The van der Waals surface area contributed by atoms with Crippen LogP contribution >= 0.6 is 0 Å². The van der Waals surface area contributed by atoms with Crippen molar-refractivity contribution >= 4 is 11.8 Å². The summed E-state index contributed by atoms with van der Waals surface area (Å²) in [6.45, 7) is -0.228. The number of hydrogen-bond donors (Lipinski definition) is 2. The lowest BCUT2D eigenvalue weighted by Gasteiger charge is -2.01. The molecule has 16 heavy (non-hydrogen) atoms.